The minimum atomic E-state index is -0.282. The van der Waals surface area contributed by atoms with Crippen molar-refractivity contribution in [2.75, 3.05) is 13.6 Å². The highest BCUT2D eigenvalue weighted by Gasteiger charge is 2.35. The fourth-order valence-electron chi connectivity index (χ4n) is 2.96. The van der Waals surface area contributed by atoms with Gasteiger partial charge in [-0.05, 0) is 52.6 Å². The van der Waals surface area contributed by atoms with Crippen LogP contribution in [0.4, 0.5) is 0 Å². The Kier molecular flexibility index (Phi) is 5.08. The van der Waals surface area contributed by atoms with Crippen molar-refractivity contribution in [1.29, 1.82) is 0 Å². The Morgan fingerprint density at radius 1 is 1.14 bits per heavy atom. The number of hydrogen-bond donors (Lipinski definition) is 0. The Morgan fingerprint density at radius 2 is 1.86 bits per heavy atom. The van der Waals surface area contributed by atoms with Crippen LogP contribution in [-0.4, -0.2) is 29.7 Å². The van der Waals surface area contributed by atoms with Crippen LogP contribution in [-0.2, 0) is 11.3 Å². The van der Waals surface area contributed by atoms with Crippen LogP contribution in [0.5, 0.6) is 0 Å². The van der Waals surface area contributed by atoms with Crippen molar-refractivity contribution < 1.29 is 4.74 Å². The molecule has 0 aromatic heterocycles. The van der Waals surface area contributed by atoms with Crippen LogP contribution in [0.2, 0.25) is 0 Å². The highest BCUT2D eigenvalue weighted by atomic mass is 16.5. The van der Waals surface area contributed by atoms with Crippen molar-refractivity contribution in [2.24, 2.45) is 0 Å². The number of rotatable bonds is 3. The van der Waals surface area contributed by atoms with Crippen molar-refractivity contribution in [1.82, 2.24) is 4.90 Å². The summed E-state index contributed by atoms with van der Waals surface area (Å²) in [6, 6.07) is 10.5. The van der Waals surface area contributed by atoms with Gasteiger partial charge in [0.1, 0.15) is 5.60 Å². The topological polar surface area (TPSA) is 12.5 Å². The Hall–Kier alpha value is -1.30. The first-order valence-electron chi connectivity index (χ1n) is 7.81. The van der Waals surface area contributed by atoms with Crippen LogP contribution < -0.4 is 0 Å². The number of nitrogens with zero attached hydrogens (tertiary/aromatic N) is 1. The monoisotopic (exact) mass is 285 g/mol. The zero-order valence-electron chi connectivity index (χ0n) is 13.8. The molecule has 0 N–H and O–H groups in total. The Balaban J connectivity index is 1.88. The average Bonchev–Trinajstić information content (AvgIpc) is 2.38. The van der Waals surface area contributed by atoms with E-state index in [4.69, 9.17) is 4.74 Å². The average molecular weight is 285 g/mol. The molecule has 1 aliphatic heterocycles. The minimum absolute atomic E-state index is 0.0440. The fourth-order valence-corrected chi connectivity index (χ4v) is 2.96. The lowest BCUT2D eigenvalue weighted by Crippen LogP contribution is -2.42. The van der Waals surface area contributed by atoms with Crippen LogP contribution in [0.25, 0.3) is 0 Å². The normalized spacial score (nSPS) is 24.4. The number of hydrogen-bond acceptors (Lipinski definition) is 2. The van der Waals surface area contributed by atoms with E-state index in [-0.39, 0.29) is 11.2 Å². The maximum atomic E-state index is 6.17. The minimum Gasteiger partial charge on any atom is -0.357 e. The first-order chi connectivity index (χ1) is 9.89. The molecule has 0 amide bonds. The van der Waals surface area contributed by atoms with Gasteiger partial charge in [-0.3, -0.25) is 4.90 Å². The summed E-state index contributed by atoms with van der Waals surface area (Å²) >= 11 is 0. The molecule has 2 rings (SSSR count). The molecule has 0 aliphatic carbocycles. The lowest BCUT2D eigenvalue weighted by atomic mass is 9.88. The van der Waals surface area contributed by atoms with Crippen molar-refractivity contribution in [3.05, 3.63) is 35.9 Å². The van der Waals surface area contributed by atoms with Gasteiger partial charge in [-0.15, -0.1) is 0 Å². The van der Waals surface area contributed by atoms with Gasteiger partial charge in [-0.2, -0.15) is 0 Å². The molecule has 0 radical (unpaired) electrons. The van der Waals surface area contributed by atoms with E-state index >= 15 is 0 Å². The highest BCUT2D eigenvalue weighted by Crippen LogP contribution is 2.34. The van der Waals surface area contributed by atoms with Crippen LogP contribution in [0.15, 0.2) is 30.3 Å². The van der Waals surface area contributed by atoms with Crippen molar-refractivity contribution >= 4 is 0 Å². The predicted octanol–water partition coefficient (Wildman–Crippen LogP) is 3.86. The van der Waals surface area contributed by atoms with E-state index < -0.39 is 0 Å². The lowest BCUT2D eigenvalue weighted by Gasteiger charge is -2.40. The molecule has 0 unspecified atom stereocenters. The molecule has 1 fully saturated rings. The molecule has 2 nitrogen and oxygen atoms in total. The number of benzene rings is 1. The van der Waals surface area contributed by atoms with Gasteiger partial charge in [0.15, 0.2) is 0 Å². The number of ether oxygens (including phenoxy) is 1. The molecule has 114 valence electrons. The van der Waals surface area contributed by atoms with Crippen molar-refractivity contribution in [2.45, 2.75) is 57.8 Å². The third-order valence-electron chi connectivity index (χ3n) is 3.93. The third-order valence-corrected chi connectivity index (χ3v) is 3.93. The quantitative estimate of drug-likeness (QED) is 0.782. The molecular formula is C19H27NO. The summed E-state index contributed by atoms with van der Waals surface area (Å²) in [4.78, 5) is 2.24. The molecule has 1 atom stereocenters. The van der Waals surface area contributed by atoms with E-state index in [1.807, 2.05) is 6.07 Å². The zero-order valence-corrected chi connectivity index (χ0v) is 13.8. The lowest BCUT2D eigenvalue weighted by molar-refractivity contribution is -0.135. The van der Waals surface area contributed by atoms with Gasteiger partial charge in [0.25, 0.3) is 0 Å². The molecule has 21 heavy (non-hydrogen) atoms. The van der Waals surface area contributed by atoms with E-state index in [0.717, 1.165) is 25.9 Å². The fraction of sp³-hybridized carbons (Fsp3) is 0.579. The summed E-state index contributed by atoms with van der Waals surface area (Å²) in [6.07, 6.45) is 3.35. The second-order valence-electron chi connectivity index (χ2n) is 6.91. The molecule has 1 saturated heterocycles. The van der Waals surface area contributed by atoms with Crippen LogP contribution in [0, 0.1) is 11.8 Å². The van der Waals surface area contributed by atoms with Gasteiger partial charge in [0.05, 0.1) is 12.1 Å². The Bertz CT molecular complexity index is 511. The first-order valence-corrected chi connectivity index (χ1v) is 7.81. The molecule has 1 heterocycles. The maximum Gasteiger partial charge on any atom is 0.126 e. The van der Waals surface area contributed by atoms with Crippen molar-refractivity contribution in [3.8, 4) is 11.8 Å². The molecule has 1 aromatic rings. The summed E-state index contributed by atoms with van der Waals surface area (Å²) < 4.78 is 6.17. The van der Waals surface area contributed by atoms with E-state index in [2.05, 4.69) is 68.8 Å². The first kappa shape index (κ1) is 16.1. The van der Waals surface area contributed by atoms with Gasteiger partial charge in [0, 0.05) is 6.54 Å². The molecule has 0 bridgehead atoms. The van der Waals surface area contributed by atoms with E-state index in [9.17, 15) is 0 Å². The predicted molar refractivity (Wildman–Crippen MR) is 88.0 cm³/mol. The molecule has 1 aromatic carbocycles. The highest BCUT2D eigenvalue weighted by molar-refractivity contribution is 5.17. The van der Waals surface area contributed by atoms with Gasteiger partial charge >= 0.3 is 0 Å². The van der Waals surface area contributed by atoms with Crippen molar-refractivity contribution in [3.63, 3.8) is 0 Å². The summed E-state index contributed by atoms with van der Waals surface area (Å²) in [6.45, 7) is 8.15. The second kappa shape index (κ2) is 6.64. The van der Waals surface area contributed by atoms with Gasteiger partial charge in [-0.1, -0.05) is 42.2 Å². The Labute approximate surface area is 129 Å². The van der Waals surface area contributed by atoms with Gasteiger partial charge in [-0.25, -0.2) is 0 Å². The summed E-state index contributed by atoms with van der Waals surface area (Å²) in [7, 11) is 2.11. The molecule has 1 aliphatic rings. The van der Waals surface area contributed by atoms with Crippen LogP contribution >= 0.6 is 0 Å². The second-order valence-corrected chi connectivity index (χ2v) is 6.91. The molecule has 0 saturated carbocycles. The maximum absolute atomic E-state index is 6.17. The summed E-state index contributed by atoms with van der Waals surface area (Å²) in [5, 5.41) is 0. The molecule has 0 spiro atoms. The van der Waals surface area contributed by atoms with E-state index in [0.29, 0.717) is 0 Å². The van der Waals surface area contributed by atoms with E-state index in [1.165, 1.54) is 12.0 Å². The molecular weight excluding hydrogens is 258 g/mol. The summed E-state index contributed by atoms with van der Waals surface area (Å²) in [5.74, 6) is 6.66. The standard InChI is InChI=1S/C19H27NO/c1-18(2)12-8-13-19(3,21-18)14-9-15-20(4)16-17-10-6-5-7-11-17/h5-7,10-11H,8,12-13,15-16H2,1-4H3/t19-/m1/s1. The SMILES string of the molecule is CN(CC#C[C@@]1(C)CCCC(C)(C)O1)Cc1ccccc1. The Morgan fingerprint density at radius 3 is 2.52 bits per heavy atom. The zero-order chi connectivity index (χ0) is 15.3. The third kappa shape index (κ3) is 5.19. The molecule has 2 heteroatoms. The largest absolute Gasteiger partial charge is 0.357 e. The van der Waals surface area contributed by atoms with Crippen LogP contribution in [0.3, 0.4) is 0 Å². The van der Waals surface area contributed by atoms with Crippen LogP contribution in [0.1, 0.15) is 45.6 Å². The van der Waals surface area contributed by atoms with Gasteiger partial charge < -0.3 is 4.74 Å². The van der Waals surface area contributed by atoms with E-state index in [1.54, 1.807) is 0 Å². The summed E-state index contributed by atoms with van der Waals surface area (Å²) in [5.41, 5.74) is 0.996. The van der Waals surface area contributed by atoms with Gasteiger partial charge in [0.2, 0.25) is 0 Å². The smallest absolute Gasteiger partial charge is 0.126 e.